The quantitative estimate of drug-likeness (QED) is 0.691. The lowest BCUT2D eigenvalue weighted by atomic mass is 10.3. The van der Waals surface area contributed by atoms with Crippen LogP contribution in [0.5, 0.6) is 0 Å². The standard InChI is InChI=1S/C12H24N2O/c1-3-5-9-14(10-6-4-2)12(15)13-11-7-8-11/h11H,3-10H2,1-2H3,(H,13,15). The van der Waals surface area contributed by atoms with Gasteiger partial charge in [-0.05, 0) is 25.7 Å². The van der Waals surface area contributed by atoms with Gasteiger partial charge >= 0.3 is 6.03 Å². The highest BCUT2D eigenvalue weighted by Gasteiger charge is 2.25. The van der Waals surface area contributed by atoms with Crippen LogP contribution in [0.1, 0.15) is 52.4 Å². The van der Waals surface area contributed by atoms with E-state index in [2.05, 4.69) is 19.2 Å². The fourth-order valence-corrected chi connectivity index (χ4v) is 1.51. The molecule has 1 saturated carbocycles. The lowest BCUT2D eigenvalue weighted by Crippen LogP contribution is -2.42. The molecular weight excluding hydrogens is 188 g/mol. The first-order valence-corrected chi connectivity index (χ1v) is 6.33. The van der Waals surface area contributed by atoms with Crippen molar-refractivity contribution in [2.45, 2.75) is 58.4 Å². The zero-order valence-electron chi connectivity index (χ0n) is 10.1. The molecule has 0 heterocycles. The summed E-state index contributed by atoms with van der Waals surface area (Å²) in [6.45, 7) is 6.15. The summed E-state index contributed by atoms with van der Waals surface area (Å²) in [4.78, 5) is 13.8. The van der Waals surface area contributed by atoms with Crippen molar-refractivity contribution in [1.29, 1.82) is 0 Å². The van der Waals surface area contributed by atoms with Crippen molar-refractivity contribution in [1.82, 2.24) is 10.2 Å². The van der Waals surface area contributed by atoms with Gasteiger partial charge in [0, 0.05) is 19.1 Å². The maximum Gasteiger partial charge on any atom is 0.317 e. The Morgan fingerprint density at radius 2 is 1.73 bits per heavy atom. The number of nitrogens with one attached hydrogen (secondary N) is 1. The molecule has 3 nitrogen and oxygen atoms in total. The van der Waals surface area contributed by atoms with Gasteiger partial charge in [0.05, 0.1) is 0 Å². The molecule has 0 aromatic carbocycles. The molecule has 3 heteroatoms. The Hall–Kier alpha value is -0.730. The van der Waals surface area contributed by atoms with Crippen LogP contribution in [0.3, 0.4) is 0 Å². The first-order valence-electron chi connectivity index (χ1n) is 6.33. The van der Waals surface area contributed by atoms with Crippen molar-refractivity contribution >= 4 is 6.03 Å². The number of hydrogen-bond acceptors (Lipinski definition) is 1. The van der Waals surface area contributed by atoms with E-state index >= 15 is 0 Å². The topological polar surface area (TPSA) is 32.3 Å². The normalized spacial score (nSPS) is 15.1. The number of carbonyl (C=O) groups excluding carboxylic acids is 1. The molecule has 0 saturated heterocycles. The third kappa shape index (κ3) is 5.05. The lowest BCUT2D eigenvalue weighted by molar-refractivity contribution is 0.195. The Morgan fingerprint density at radius 1 is 1.20 bits per heavy atom. The number of unbranched alkanes of at least 4 members (excludes halogenated alkanes) is 2. The molecule has 0 atom stereocenters. The summed E-state index contributed by atoms with van der Waals surface area (Å²) in [6, 6.07) is 0.627. The highest BCUT2D eigenvalue weighted by Crippen LogP contribution is 2.19. The predicted molar refractivity (Wildman–Crippen MR) is 62.9 cm³/mol. The summed E-state index contributed by atoms with van der Waals surface area (Å²) < 4.78 is 0. The second-order valence-electron chi connectivity index (χ2n) is 4.42. The second-order valence-corrected chi connectivity index (χ2v) is 4.42. The summed E-state index contributed by atoms with van der Waals surface area (Å²) in [7, 11) is 0. The molecule has 88 valence electrons. The molecule has 1 N–H and O–H groups in total. The number of carbonyl (C=O) groups is 1. The van der Waals surface area contributed by atoms with E-state index < -0.39 is 0 Å². The third-order valence-corrected chi connectivity index (χ3v) is 2.76. The van der Waals surface area contributed by atoms with Gasteiger partial charge in [-0.25, -0.2) is 4.79 Å². The molecule has 1 aliphatic rings. The summed E-state index contributed by atoms with van der Waals surface area (Å²) in [5.41, 5.74) is 0. The van der Waals surface area contributed by atoms with Crippen LogP contribution in [0.25, 0.3) is 0 Å². The van der Waals surface area contributed by atoms with E-state index in [-0.39, 0.29) is 6.03 Å². The monoisotopic (exact) mass is 212 g/mol. The maximum absolute atomic E-state index is 11.8. The molecular formula is C12H24N2O. The Morgan fingerprint density at radius 3 is 2.13 bits per heavy atom. The van der Waals surface area contributed by atoms with Gasteiger partial charge in [-0.3, -0.25) is 0 Å². The van der Waals surface area contributed by atoms with Crippen molar-refractivity contribution < 1.29 is 4.79 Å². The minimum atomic E-state index is 0.152. The van der Waals surface area contributed by atoms with Crippen LogP contribution < -0.4 is 5.32 Å². The van der Waals surface area contributed by atoms with Gasteiger partial charge in [0.2, 0.25) is 0 Å². The van der Waals surface area contributed by atoms with Crippen molar-refractivity contribution in [3.05, 3.63) is 0 Å². The van der Waals surface area contributed by atoms with Gasteiger partial charge in [-0.15, -0.1) is 0 Å². The zero-order valence-corrected chi connectivity index (χ0v) is 10.1. The highest BCUT2D eigenvalue weighted by molar-refractivity contribution is 5.74. The van der Waals surface area contributed by atoms with E-state index in [4.69, 9.17) is 0 Å². The predicted octanol–water partition coefficient (Wildman–Crippen LogP) is 2.76. The minimum Gasteiger partial charge on any atom is -0.335 e. The van der Waals surface area contributed by atoms with Crippen LogP contribution in [0.15, 0.2) is 0 Å². The fourth-order valence-electron chi connectivity index (χ4n) is 1.51. The van der Waals surface area contributed by atoms with Gasteiger partial charge in [-0.2, -0.15) is 0 Å². The van der Waals surface area contributed by atoms with Crippen molar-refractivity contribution in [2.24, 2.45) is 0 Å². The summed E-state index contributed by atoms with van der Waals surface area (Å²) in [6.07, 6.45) is 6.87. The minimum absolute atomic E-state index is 0.152. The molecule has 1 fully saturated rings. The zero-order chi connectivity index (χ0) is 11.1. The van der Waals surface area contributed by atoms with Crippen LogP contribution in [0.4, 0.5) is 4.79 Å². The van der Waals surface area contributed by atoms with Crippen LogP contribution in [-0.4, -0.2) is 30.1 Å². The van der Waals surface area contributed by atoms with E-state index in [0.717, 1.165) is 38.8 Å². The molecule has 0 radical (unpaired) electrons. The smallest absolute Gasteiger partial charge is 0.317 e. The number of amides is 2. The molecule has 0 spiro atoms. The Kier molecular flexibility index (Phi) is 5.51. The molecule has 15 heavy (non-hydrogen) atoms. The number of nitrogens with zero attached hydrogens (tertiary/aromatic N) is 1. The Balaban J connectivity index is 2.26. The van der Waals surface area contributed by atoms with Gasteiger partial charge in [0.15, 0.2) is 0 Å². The average molecular weight is 212 g/mol. The van der Waals surface area contributed by atoms with Crippen LogP contribution in [0, 0.1) is 0 Å². The number of hydrogen-bond donors (Lipinski definition) is 1. The lowest BCUT2D eigenvalue weighted by Gasteiger charge is -2.22. The fraction of sp³-hybridized carbons (Fsp3) is 0.917. The van der Waals surface area contributed by atoms with E-state index in [1.54, 1.807) is 0 Å². The van der Waals surface area contributed by atoms with E-state index in [9.17, 15) is 4.79 Å². The van der Waals surface area contributed by atoms with E-state index in [0.29, 0.717) is 6.04 Å². The second kappa shape index (κ2) is 6.70. The molecule has 2 amide bonds. The maximum atomic E-state index is 11.8. The first-order chi connectivity index (χ1) is 7.27. The van der Waals surface area contributed by atoms with E-state index in [1.807, 2.05) is 4.90 Å². The van der Waals surface area contributed by atoms with Gasteiger partial charge in [0.1, 0.15) is 0 Å². The SMILES string of the molecule is CCCCN(CCCC)C(=O)NC1CC1. The summed E-state index contributed by atoms with van der Waals surface area (Å²) in [5, 5.41) is 3.06. The Labute approximate surface area is 93.2 Å². The van der Waals surface area contributed by atoms with Gasteiger partial charge in [-0.1, -0.05) is 26.7 Å². The number of rotatable bonds is 7. The van der Waals surface area contributed by atoms with Crippen molar-refractivity contribution in [3.63, 3.8) is 0 Å². The Bertz CT molecular complexity index is 182. The van der Waals surface area contributed by atoms with Gasteiger partial charge in [0.25, 0.3) is 0 Å². The van der Waals surface area contributed by atoms with E-state index in [1.165, 1.54) is 12.8 Å². The first kappa shape index (κ1) is 12.3. The molecule has 0 bridgehead atoms. The van der Waals surface area contributed by atoms with Crippen LogP contribution >= 0.6 is 0 Å². The number of urea groups is 1. The molecule has 0 aromatic rings. The molecule has 0 aliphatic heterocycles. The van der Waals surface area contributed by atoms with Crippen LogP contribution in [0.2, 0.25) is 0 Å². The molecule has 0 aromatic heterocycles. The molecule has 0 unspecified atom stereocenters. The molecule has 1 rings (SSSR count). The highest BCUT2D eigenvalue weighted by atomic mass is 16.2. The average Bonchev–Trinajstić information content (AvgIpc) is 3.02. The van der Waals surface area contributed by atoms with Crippen molar-refractivity contribution in [3.8, 4) is 0 Å². The largest absolute Gasteiger partial charge is 0.335 e. The summed E-state index contributed by atoms with van der Waals surface area (Å²) in [5.74, 6) is 0. The third-order valence-electron chi connectivity index (χ3n) is 2.76. The molecule has 1 aliphatic carbocycles. The van der Waals surface area contributed by atoms with Crippen molar-refractivity contribution in [2.75, 3.05) is 13.1 Å². The summed E-state index contributed by atoms with van der Waals surface area (Å²) >= 11 is 0. The van der Waals surface area contributed by atoms with Crippen LogP contribution in [-0.2, 0) is 0 Å². The van der Waals surface area contributed by atoms with Gasteiger partial charge < -0.3 is 10.2 Å².